The number of pyridine rings is 1. The van der Waals surface area contributed by atoms with Gasteiger partial charge >= 0.3 is 5.97 Å². The fraction of sp³-hybridized carbons (Fsp3) is 0.316. The first-order valence-electron chi connectivity index (χ1n) is 9.12. The second-order valence-corrected chi connectivity index (χ2v) is 8.75. The molecule has 160 valence electrons. The Kier molecular flexibility index (Phi) is 6.22. The minimum Gasteiger partial charge on any atom is -0.505 e. The molecule has 0 aliphatic carbocycles. The highest BCUT2D eigenvalue weighted by Crippen LogP contribution is 2.32. The highest BCUT2D eigenvalue weighted by Gasteiger charge is 2.33. The molecule has 30 heavy (non-hydrogen) atoms. The molecule has 1 saturated heterocycles. The fourth-order valence-corrected chi connectivity index (χ4v) is 4.68. The largest absolute Gasteiger partial charge is 0.505 e. The van der Waals surface area contributed by atoms with Gasteiger partial charge in [0.2, 0.25) is 10.0 Å². The summed E-state index contributed by atoms with van der Waals surface area (Å²) in [6.07, 6.45) is 1.97. The van der Waals surface area contributed by atoms with Crippen molar-refractivity contribution in [3.8, 4) is 5.75 Å². The molecular weight excluding hydrogens is 412 g/mol. The molecule has 0 bridgehead atoms. The number of nitrogens with one attached hydrogen (secondary N) is 1. The van der Waals surface area contributed by atoms with Gasteiger partial charge in [0.15, 0.2) is 5.69 Å². The molecule has 0 radical (unpaired) electrons. The first-order valence-corrected chi connectivity index (χ1v) is 10.6. The number of nitrogen functional groups attached to an aromatic ring is 1. The molecule has 2 aromatic rings. The monoisotopic (exact) mass is 434 g/mol. The second-order valence-electron chi connectivity index (χ2n) is 6.81. The van der Waals surface area contributed by atoms with Crippen molar-refractivity contribution >= 4 is 27.6 Å². The number of benzene rings is 1. The minimum atomic E-state index is -3.66. The topological polar surface area (TPSA) is 152 Å². The third-order valence-corrected chi connectivity index (χ3v) is 6.74. The Hall–Kier alpha value is -3.18. The first-order chi connectivity index (χ1) is 14.2. The highest BCUT2D eigenvalue weighted by molar-refractivity contribution is 7.89. The van der Waals surface area contributed by atoms with E-state index in [9.17, 15) is 23.1 Å². The summed E-state index contributed by atoms with van der Waals surface area (Å²) in [5.74, 6) is -1.88. The SMILES string of the molecule is COC(=O)CNC(=O)c1ncc(C2CCN(S(=O)(=O)c3ccc(N)cc3)C2)cc1O. The maximum absolute atomic E-state index is 12.8. The van der Waals surface area contributed by atoms with Crippen molar-refractivity contribution in [2.45, 2.75) is 17.2 Å². The lowest BCUT2D eigenvalue weighted by Gasteiger charge is -2.17. The van der Waals surface area contributed by atoms with Gasteiger partial charge in [-0.2, -0.15) is 4.31 Å². The number of amides is 1. The van der Waals surface area contributed by atoms with E-state index in [1.54, 1.807) is 0 Å². The van der Waals surface area contributed by atoms with Crippen molar-refractivity contribution in [1.29, 1.82) is 0 Å². The third kappa shape index (κ3) is 4.52. The molecule has 1 atom stereocenters. The summed E-state index contributed by atoms with van der Waals surface area (Å²) in [6, 6.07) is 7.39. The molecule has 1 aliphatic rings. The summed E-state index contributed by atoms with van der Waals surface area (Å²) in [5.41, 5.74) is 6.48. The summed E-state index contributed by atoms with van der Waals surface area (Å²) in [7, 11) is -2.47. The zero-order valence-electron chi connectivity index (χ0n) is 16.2. The van der Waals surface area contributed by atoms with Crippen LogP contribution in [0.3, 0.4) is 0 Å². The van der Waals surface area contributed by atoms with E-state index in [4.69, 9.17) is 5.73 Å². The molecule has 1 aromatic heterocycles. The van der Waals surface area contributed by atoms with Crippen molar-refractivity contribution in [1.82, 2.24) is 14.6 Å². The Morgan fingerprint density at radius 2 is 2.03 bits per heavy atom. The normalized spacial score (nSPS) is 16.9. The second kappa shape index (κ2) is 8.67. The number of sulfonamides is 1. The van der Waals surface area contributed by atoms with Crippen LogP contribution in [0.2, 0.25) is 0 Å². The van der Waals surface area contributed by atoms with E-state index in [1.165, 1.54) is 47.9 Å². The Morgan fingerprint density at radius 1 is 1.33 bits per heavy atom. The van der Waals surface area contributed by atoms with E-state index in [2.05, 4.69) is 15.0 Å². The van der Waals surface area contributed by atoms with Crippen LogP contribution >= 0.6 is 0 Å². The molecule has 1 unspecified atom stereocenters. The van der Waals surface area contributed by atoms with Crippen molar-refractivity contribution in [3.05, 3.63) is 47.8 Å². The maximum atomic E-state index is 12.8. The molecule has 1 aliphatic heterocycles. The number of hydrogen-bond acceptors (Lipinski definition) is 8. The molecule has 0 spiro atoms. The lowest BCUT2D eigenvalue weighted by Crippen LogP contribution is -2.30. The number of carbonyl (C=O) groups excluding carboxylic acids is 2. The van der Waals surface area contributed by atoms with Crippen LogP contribution in [0.4, 0.5) is 5.69 Å². The smallest absolute Gasteiger partial charge is 0.325 e. The average Bonchev–Trinajstić information content (AvgIpc) is 3.23. The van der Waals surface area contributed by atoms with E-state index in [0.29, 0.717) is 24.2 Å². The van der Waals surface area contributed by atoms with Crippen molar-refractivity contribution in [2.24, 2.45) is 0 Å². The van der Waals surface area contributed by atoms with Gasteiger partial charge in [0, 0.05) is 30.9 Å². The molecular formula is C19H22N4O6S. The minimum absolute atomic E-state index is 0.163. The fourth-order valence-electron chi connectivity index (χ4n) is 3.18. The van der Waals surface area contributed by atoms with Crippen LogP contribution in [0.15, 0.2) is 41.4 Å². The van der Waals surface area contributed by atoms with Crippen LogP contribution in [0.5, 0.6) is 5.75 Å². The van der Waals surface area contributed by atoms with Gasteiger partial charge in [0.1, 0.15) is 12.3 Å². The Labute approximate surface area is 173 Å². The van der Waals surface area contributed by atoms with E-state index in [0.717, 1.165) is 0 Å². The molecule has 1 fully saturated rings. The van der Waals surface area contributed by atoms with E-state index >= 15 is 0 Å². The highest BCUT2D eigenvalue weighted by atomic mass is 32.2. The Morgan fingerprint density at radius 3 is 2.67 bits per heavy atom. The van der Waals surface area contributed by atoms with E-state index < -0.39 is 21.9 Å². The van der Waals surface area contributed by atoms with Gasteiger partial charge in [0.05, 0.1) is 12.0 Å². The van der Waals surface area contributed by atoms with Crippen LogP contribution in [-0.4, -0.2) is 61.4 Å². The van der Waals surface area contributed by atoms with Gasteiger partial charge < -0.3 is 20.9 Å². The van der Waals surface area contributed by atoms with Crippen LogP contribution < -0.4 is 11.1 Å². The number of anilines is 1. The van der Waals surface area contributed by atoms with Crippen LogP contribution in [-0.2, 0) is 19.6 Å². The summed E-state index contributed by atoms with van der Waals surface area (Å²) < 4.78 is 31.4. The van der Waals surface area contributed by atoms with E-state index in [-0.39, 0.29) is 35.3 Å². The van der Waals surface area contributed by atoms with Crippen LogP contribution in [0.1, 0.15) is 28.4 Å². The summed E-state index contributed by atoms with van der Waals surface area (Å²) >= 11 is 0. The predicted molar refractivity (Wildman–Crippen MR) is 107 cm³/mol. The number of rotatable bonds is 6. The number of ether oxygens (including phenoxy) is 1. The maximum Gasteiger partial charge on any atom is 0.325 e. The van der Waals surface area contributed by atoms with E-state index in [1.807, 2.05) is 0 Å². The Balaban J connectivity index is 1.70. The lowest BCUT2D eigenvalue weighted by molar-refractivity contribution is -0.139. The molecule has 1 amide bonds. The zero-order valence-corrected chi connectivity index (χ0v) is 17.1. The molecule has 4 N–H and O–H groups in total. The van der Waals surface area contributed by atoms with Gasteiger partial charge in [-0.05, 0) is 42.3 Å². The molecule has 3 rings (SSSR count). The molecule has 2 heterocycles. The summed E-state index contributed by atoms with van der Waals surface area (Å²) in [6.45, 7) is 0.194. The number of carbonyl (C=O) groups is 2. The number of hydrogen-bond donors (Lipinski definition) is 3. The number of esters is 1. The zero-order chi connectivity index (χ0) is 21.9. The molecule has 10 nitrogen and oxygen atoms in total. The third-order valence-electron chi connectivity index (χ3n) is 4.87. The molecule has 11 heteroatoms. The quantitative estimate of drug-likeness (QED) is 0.438. The van der Waals surface area contributed by atoms with Crippen molar-refractivity contribution in [3.63, 3.8) is 0 Å². The van der Waals surface area contributed by atoms with Crippen molar-refractivity contribution in [2.75, 3.05) is 32.5 Å². The van der Waals surface area contributed by atoms with Crippen molar-refractivity contribution < 1.29 is 27.9 Å². The lowest BCUT2D eigenvalue weighted by atomic mass is 10.00. The number of methoxy groups -OCH3 is 1. The molecule has 0 saturated carbocycles. The summed E-state index contributed by atoms with van der Waals surface area (Å²) in [5, 5.41) is 12.5. The van der Waals surface area contributed by atoms with Gasteiger partial charge in [-0.25, -0.2) is 13.4 Å². The number of nitrogens with two attached hydrogens (primary N) is 1. The summed E-state index contributed by atoms with van der Waals surface area (Å²) in [4.78, 5) is 27.3. The average molecular weight is 434 g/mol. The first kappa shape index (κ1) is 21.5. The molecule has 1 aromatic carbocycles. The predicted octanol–water partition coefficient (Wildman–Crippen LogP) is 0.450. The van der Waals surface area contributed by atoms with Crippen LogP contribution in [0, 0.1) is 0 Å². The van der Waals surface area contributed by atoms with Gasteiger partial charge in [-0.15, -0.1) is 0 Å². The van der Waals surface area contributed by atoms with Gasteiger partial charge in [0.25, 0.3) is 5.91 Å². The standard InChI is InChI=1S/C19H22N4O6S/c1-29-17(25)10-22-19(26)18-16(24)8-13(9-21-18)12-6-7-23(11-12)30(27,28)15-4-2-14(20)3-5-15/h2-5,8-9,12,24H,6-7,10-11,20H2,1H3,(H,22,26). The number of aromatic hydroxyl groups is 1. The number of nitrogens with zero attached hydrogens (tertiary/aromatic N) is 2. The number of aromatic nitrogens is 1. The Bertz CT molecular complexity index is 1060. The van der Waals surface area contributed by atoms with Crippen LogP contribution in [0.25, 0.3) is 0 Å². The van der Waals surface area contributed by atoms with Gasteiger partial charge in [-0.1, -0.05) is 0 Å². The van der Waals surface area contributed by atoms with Gasteiger partial charge in [-0.3, -0.25) is 9.59 Å².